The van der Waals surface area contributed by atoms with Crippen molar-refractivity contribution in [2.45, 2.75) is 23.6 Å². The lowest BCUT2D eigenvalue weighted by Gasteiger charge is -2.13. The quantitative estimate of drug-likeness (QED) is 0.426. The predicted octanol–water partition coefficient (Wildman–Crippen LogP) is 5.87. The first-order valence-corrected chi connectivity index (χ1v) is 12.9. The molecule has 0 spiro atoms. The minimum Gasteiger partial charge on any atom is -0.280 e. The van der Waals surface area contributed by atoms with Gasteiger partial charge in [0.2, 0.25) is 0 Å². The van der Waals surface area contributed by atoms with Crippen LogP contribution >= 0.6 is 34.8 Å². The normalized spacial score (nSPS) is 11.9. The number of benzene rings is 3. The molecule has 0 heterocycles. The fraction of sp³-hybridized carbons (Fsp3) is 0.100. The summed E-state index contributed by atoms with van der Waals surface area (Å²) in [7, 11) is -7.81. The lowest BCUT2D eigenvalue weighted by Crippen LogP contribution is -2.15. The molecule has 0 aliphatic carbocycles. The molecule has 2 N–H and O–H groups in total. The van der Waals surface area contributed by atoms with Crippen LogP contribution in [0.2, 0.25) is 15.1 Å². The number of nitrogens with one attached hydrogen (secondary N) is 2. The SMILES string of the molecule is Cc1cc(S(=O)(=O)Nc2ccc(S(=O)(=O)Nc3ccc(Cl)c(Cl)c3)cc2)c(C)cc1Cl. The standard InChI is InChI=1S/C20H17Cl3N2O4S2/c1-12-10-20(13(2)9-18(12)22)31(28,29)24-14-3-6-16(7-4-14)30(26,27)25-15-5-8-17(21)19(23)11-15/h3-11,24-25H,1-2H3. The van der Waals surface area contributed by atoms with Crippen LogP contribution in [0.15, 0.2) is 64.4 Å². The van der Waals surface area contributed by atoms with Gasteiger partial charge in [0, 0.05) is 10.7 Å². The zero-order chi connectivity index (χ0) is 23.0. The Morgan fingerprint density at radius 1 is 0.613 bits per heavy atom. The molecule has 0 aliphatic heterocycles. The molecule has 6 nitrogen and oxygen atoms in total. The number of hydrogen-bond donors (Lipinski definition) is 2. The molecule has 3 rings (SSSR count). The van der Waals surface area contributed by atoms with Crippen LogP contribution in [-0.4, -0.2) is 16.8 Å². The first kappa shape index (κ1) is 23.7. The summed E-state index contributed by atoms with van der Waals surface area (Å²) in [5.41, 5.74) is 1.57. The van der Waals surface area contributed by atoms with E-state index in [1.165, 1.54) is 48.5 Å². The Morgan fingerprint density at radius 2 is 1.19 bits per heavy atom. The smallest absolute Gasteiger partial charge is 0.262 e. The van der Waals surface area contributed by atoms with Gasteiger partial charge in [0.05, 0.1) is 25.5 Å². The molecule has 3 aromatic carbocycles. The van der Waals surface area contributed by atoms with Crippen molar-refractivity contribution in [2.75, 3.05) is 9.44 Å². The Morgan fingerprint density at radius 3 is 1.81 bits per heavy atom. The summed E-state index contributed by atoms with van der Waals surface area (Å²) in [5, 5.41) is 0.979. The molecule has 11 heteroatoms. The highest BCUT2D eigenvalue weighted by atomic mass is 35.5. The number of halogens is 3. The van der Waals surface area contributed by atoms with Crippen molar-refractivity contribution in [1.29, 1.82) is 0 Å². The van der Waals surface area contributed by atoms with E-state index in [1.807, 2.05) is 0 Å². The maximum Gasteiger partial charge on any atom is 0.262 e. The van der Waals surface area contributed by atoms with Gasteiger partial charge in [-0.15, -0.1) is 0 Å². The second kappa shape index (κ2) is 8.88. The minimum atomic E-state index is -3.92. The van der Waals surface area contributed by atoms with Gasteiger partial charge < -0.3 is 0 Å². The highest BCUT2D eigenvalue weighted by Gasteiger charge is 2.20. The Bertz CT molecular complexity index is 1360. The molecule has 0 atom stereocenters. The van der Waals surface area contributed by atoms with Crippen LogP contribution < -0.4 is 9.44 Å². The predicted molar refractivity (Wildman–Crippen MR) is 125 cm³/mol. The number of hydrogen-bond acceptors (Lipinski definition) is 4. The topological polar surface area (TPSA) is 92.3 Å². The highest BCUT2D eigenvalue weighted by Crippen LogP contribution is 2.28. The van der Waals surface area contributed by atoms with E-state index in [1.54, 1.807) is 19.9 Å². The molecule has 0 aromatic heterocycles. The molecule has 0 saturated heterocycles. The van der Waals surface area contributed by atoms with Gasteiger partial charge in [-0.3, -0.25) is 9.44 Å². The second-order valence-corrected chi connectivity index (χ2v) is 11.3. The second-order valence-electron chi connectivity index (χ2n) is 6.73. The van der Waals surface area contributed by atoms with E-state index >= 15 is 0 Å². The van der Waals surface area contributed by atoms with E-state index in [-0.39, 0.29) is 26.2 Å². The largest absolute Gasteiger partial charge is 0.280 e. The van der Waals surface area contributed by atoms with E-state index in [0.29, 0.717) is 21.2 Å². The lowest BCUT2D eigenvalue weighted by molar-refractivity contribution is 0.599. The van der Waals surface area contributed by atoms with Crippen molar-refractivity contribution < 1.29 is 16.8 Å². The van der Waals surface area contributed by atoms with Gasteiger partial charge in [-0.2, -0.15) is 0 Å². The number of sulfonamides is 2. The van der Waals surface area contributed by atoms with Crippen LogP contribution in [0, 0.1) is 13.8 Å². The van der Waals surface area contributed by atoms with E-state index in [2.05, 4.69) is 9.44 Å². The fourth-order valence-corrected chi connectivity index (χ4v) is 5.67. The third-order valence-corrected chi connectivity index (χ3v) is 8.40. The van der Waals surface area contributed by atoms with Gasteiger partial charge in [0.1, 0.15) is 0 Å². The minimum absolute atomic E-state index is 0.0555. The summed E-state index contributed by atoms with van der Waals surface area (Å²) in [5.74, 6) is 0. The first-order chi connectivity index (χ1) is 14.4. The van der Waals surface area contributed by atoms with Crippen LogP contribution in [0.5, 0.6) is 0 Å². The van der Waals surface area contributed by atoms with Crippen molar-refractivity contribution >= 4 is 66.2 Å². The zero-order valence-electron chi connectivity index (χ0n) is 16.3. The highest BCUT2D eigenvalue weighted by molar-refractivity contribution is 7.93. The van der Waals surface area contributed by atoms with Gasteiger partial charge in [-0.05, 0) is 79.6 Å². The van der Waals surface area contributed by atoms with Gasteiger partial charge in [-0.25, -0.2) is 16.8 Å². The lowest BCUT2D eigenvalue weighted by atomic mass is 10.2. The monoisotopic (exact) mass is 518 g/mol. The van der Waals surface area contributed by atoms with Crippen molar-refractivity contribution in [1.82, 2.24) is 0 Å². The summed E-state index contributed by atoms with van der Waals surface area (Å²) < 4.78 is 55.5. The fourth-order valence-electron chi connectivity index (χ4n) is 2.73. The average Bonchev–Trinajstić information content (AvgIpc) is 2.67. The summed E-state index contributed by atoms with van der Waals surface area (Å²) in [6.45, 7) is 3.35. The zero-order valence-corrected chi connectivity index (χ0v) is 20.2. The van der Waals surface area contributed by atoms with Crippen LogP contribution in [0.4, 0.5) is 11.4 Å². The van der Waals surface area contributed by atoms with Crippen molar-refractivity contribution in [3.05, 3.63) is 80.8 Å². The summed E-state index contributed by atoms with van der Waals surface area (Å²) in [6, 6.07) is 12.7. The number of aryl methyl sites for hydroxylation is 2. The maximum absolute atomic E-state index is 12.8. The number of anilines is 2. The van der Waals surface area contributed by atoms with Crippen molar-refractivity contribution in [2.24, 2.45) is 0 Å². The summed E-state index contributed by atoms with van der Waals surface area (Å²) >= 11 is 17.8. The van der Waals surface area contributed by atoms with E-state index in [4.69, 9.17) is 34.8 Å². The maximum atomic E-state index is 12.8. The Hall–Kier alpha value is -1.97. The number of rotatable bonds is 6. The molecule has 3 aromatic rings. The van der Waals surface area contributed by atoms with E-state index in [9.17, 15) is 16.8 Å². The molecule has 164 valence electrons. The molecule has 0 unspecified atom stereocenters. The molecule has 0 fully saturated rings. The van der Waals surface area contributed by atoms with Crippen LogP contribution in [-0.2, 0) is 20.0 Å². The Kier molecular flexibility index (Phi) is 6.78. The van der Waals surface area contributed by atoms with Gasteiger partial charge in [-0.1, -0.05) is 34.8 Å². The average molecular weight is 520 g/mol. The molecule has 0 saturated carbocycles. The summed E-state index contributed by atoms with van der Waals surface area (Å²) in [6.07, 6.45) is 0. The third kappa shape index (κ3) is 5.45. The third-order valence-electron chi connectivity index (χ3n) is 4.33. The van der Waals surface area contributed by atoms with Crippen LogP contribution in [0.25, 0.3) is 0 Å². The van der Waals surface area contributed by atoms with Gasteiger partial charge in [0.15, 0.2) is 0 Å². The van der Waals surface area contributed by atoms with E-state index in [0.717, 1.165) is 0 Å². The molecule has 31 heavy (non-hydrogen) atoms. The van der Waals surface area contributed by atoms with Crippen LogP contribution in [0.1, 0.15) is 11.1 Å². The van der Waals surface area contributed by atoms with Crippen molar-refractivity contribution in [3.63, 3.8) is 0 Å². The Labute approximate surface area is 196 Å². The van der Waals surface area contributed by atoms with Crippen molar-refractivity contribution in [3.8, 4) is 0 Å². The molecule has 0 amide bonds. The molecule has 0 bridgehead atoms. The summed E-state index contributed by atoms with van der Waals surface area (Å²) in [4.78, 5) is 0.0346. The molecule has 0 radical (unpaired) electrons. The van der Waals surface area contributed by atoms with Crippen LogP contribution in [0.3, 0.4) is 0 Å². The molecule has 0 aliphatic rings. The molecular formula is C20H17Cl3N2O4S2. The van der Waals surface area contributed by atoms with Gasteiger partial charge in [0.25, 0.3) is 20.0 Å². The first-order valence-electron chi connectivity index (χ1n) is 8.76. The van der Waals surface area contributed by atoms with Gasteiger partial charge >= 0.3 is 0 Å². The molecular weight excluding hydrogens is 503 g/mol. The Balaban J connectivity index is 1.82. The van der Waals surface area contributed by atoms with E-state index < -0.39 is 20.0 Å².